The van der Waals surface area contributed by atoms with Gasteiger partial charge in [0, 0.05) is 16.7 Å². The monoisotopic (exact) mass is 792 g/mol. The second-order valence-electron chi connectivity index (χ2n) is 13.9. The standard InChI is InChI=1S/C36H42NO2.2C7H7.Zr/c1-7-27-17-18-34(33(23-27)30-16-11-15-29(36(30)38)28-13-9-8-10-14-28)39-20-12-19-37-35-31(24(2)3)21-26(6)22-32(35)25(4)5;2*1-7-5-3-2-4-6-7;/h8-11,13-18,21-25,38H,7,12,19-20H2,1-6H3;2*2-6H,1H2;/q3*-1;+3. The van der Waals surface area contributed by atoms with Crippen molar-refractivity contribution in [3.8, 4) is 33.8 Å². The van der Waals surface area contributed by atoms with Crippen molar-refractivity contribution in [1.29, 1.82) is 0 Å². The summed E-state index contributed by atoms with van der Waals surface area (Å²) in [5, 5.41) is 16.4. The van der Waals surface area contributed by atoms with Crippen LogP contribution in [-0.2, 0) is 32.6 Å². The average Bonchev–Trinajstić information content (AvgIpc) is 3.16. The third-order valence-electron chi connectivity index (χ3n) is 8.94. The molecule has 0 fully saturated rings. The number of rotatable bonds is 11. The van der Waals surface area contributed by atoms with Crippen LogP contribution in [0.15, 0.2) is 140 Å². The van der Waals surface area contributed by atoms with E-state index in [1.165, 1.54) is 22.3 Å². The molecule has 0 aromatic heterocycles. The summed E-state index contributed by atoms with van der Waals surface area (Å²) < 4.78 is 6.33. The molecule has 0 aliphatic rings. The molecule has 0 aliphatic heterocycles. The molecule has 6 aromatic rings. The van der Waals surface area contributed by atoms with E-state index in [9.17, 15) is 5.11 Å². The third-order valence-corrected chi connectivity index (χ3v) is 8.94. The minimum atomic E-state index is 0. The van der Waals surface area contributed by atoms with Gasteiger partial charge in [0.2, 0.25) is 0 Å². The summed E-state index contributed by atoms with van der Waals surface area (Å²) >= 11 is 0. The van der Waals surface area contributed by atoms with E-state index in [0.29, 0.717) is 25.0 Å². The normalized spacial score (nSPS) is 10.4. The van der Waals surface area contributed by atoms with Crippen LogP contribution in [0.2, 0.25) is 0 Å². The van der Waals surface area contributed by atoms with Gasteiger partial charge in [0.25, 0.3) is 0 Å². The number of para-hydroxylation sites is 1. The molecule has 0 spiro atoms. The summed E-state index contributed by atoms with van der Waals surface area (Å²) in [4.78, 5) is 0. The van der Waals surface area contributed by atoms with Crippen LogP contribution in [0.25, 0.3) is 27.6 Å². The molecule has 0 saturated carbocycles. The fourth-order valence-electron chi connectivity index (χ4n) is 6.04. The summed E-state index contributed by atoms with van der Waals surface area (Å²) in [5.41, 5.74) is 12.0. The van der Waals surface area contributed by atoms with E-state index in [0.717, 1.165) is 57.7 Å². The summed E-state index contributed by atoms with van der Waals surface area (Å²) in [5.74, 6) is 1.92. The number of ether oxygens (including phenoxy) is 1. The van der Waals surface area contributed by atoms with Gasteiger partial charge in [-0.05, 0) is 54.9 Å². The number of hydrogen-bond donors (Lipinski definition) is 1. The van der Waals surface area contributed by atoms with E-state index in [-0.39, 0.29) is 32.0 Å². The van der Waals surface area contributed by atoms with Gasteiger partial charge in [-0.2, -0.15) is 49.2 Å². The van der Waals surface area contributed by atoms with Gasteiger partial charge in [-0.15, -0.1) is 36.5 Å². The van der Waals surface area contributed by atoms with Gasteiger partial charge in [0.15, 0.2) is 0 Å². The molecule has 54 heavy (non-hydrogen) atoms. The molecule has 0 amide bonds. The Bertz CT molecular complexity index is 1910. The molecule has 0 unspecified atom stereocenters. The summed E-state index contributed by atoms with van der Waals surface area (Å²) in [6.45, 7) is 22.0. The molecule has 3 nitrogen and oxygen atoms in total. The van der Waals surface area contributed by atoms with E-state index in [2.05, 4.69) is 79.7 Å². The fourth-order valence-corrected chi connectivity index (χ4v) is 6.04. The van der Waals surface area contributed by atoms with E-state index >= 15 is 0 Å². The predicted molar refractivity (Wildman–Crippen MR) is 228 cm³/mol. The molecule has 6 aromatic carbocycles. The van der Waals surface area contributed by atoms with Gasteiger partial charge in [-0.1, -0.05) is 130 Å². The molecule has 4 heteroatoms. The maximum absolute atomic E-state index is 11.3. The number of aromatic hydroxyl groups is 1. The van der Waals surface area contributed by atoms with Crippen molar-refractivity contribution in [3.63, 3.8) is 0 Å². The maximum Gasteiger partial charge on any atom is 3.00 e. The van der Waals surface area contributed by atoms with Crippen LogP contribution in [0.3, 0.4) is 0 Å². The van der Waals surface area contributed by atoms with Crippen LogP contribution in [0.1, 0.15) is 86.3 Å². The molecule has 277 valence electrons. The van der Waals surface area contributed by atoms with Gasteiger partial charge in [0.05, 0.1) is 6.61 Å². The zero-order valence-electron chi connectivity index (χ0n) is 33.0. The van der Waals surface area contributed by atoms with Crippen molar-refractivity contribution < 1.29 is 36.0 Å². The minimum Gasteiger partial charge on any atom is -0.684 e. The van der Waals surface area contributed by atoms with E-state index in [1.54, 1.807) is 0 Å². The Balaban J connectivity index is 0.000000434. The van der Waals surface area contributed by atoms with Crippen molar-refractivity contribution in [2.75, 3.05) is 13.2 Å². The van der Waals surface area contributed by atoms with Gasteiger partial charge in [-0.3, -0.25) is 0 Å². The Morgan fingerprint density at radius 1 is 0.630 bits per heavy atom. The zero-order chi connectivity index (χ0) is 38.2. The topological polar surface area (TPSA) is 43.6 Å². The Hall–Kier alpha value is -4.66. The van der Waals surface area contributed by atoms with E-state index in [4.69, 9.17) is 10.1 Å². The van der Waals surface area contributed by atoms with Crippen molar-refractivity contribution in [2.24, 2.45) is 0 Å². The molecule has 1 radical (unpaired) electrons. The van der Waals surface area contributed by atoms with E-state index in [1.807, 2.05) is 115 Å². The first-order valence-electron chi connectivity index (χ1n) is 18.8. The number of hydrogen-bond acceptors (Lipinski definition) is 2. The molecular weight excluding hydrogens is 738 g/mol. The average molecular weight is 794 g/mol. The first-order valence-corrected chi connectivity index (χ1v) is 18.8. The second-order valence-corrected chi connectivity index (χ2v) is 13.9. The van der Waals surface area contributed by atoms with Crippen LogP contribution in [0, 0.1) is 20.8 Å². The Morgan fingerprint density at radius 2 is 1.15 bits per heavy atom. The first-order chi connectivity index (χ1) is 25.6. The maximum atomic E-state index is 11.3. The van der Waals surface area contributed by atoms with Crippen LogP contribution >= 0.6 is 0 Å². The summed E-state index contributed by atoms with van der Waals surface area (Å²) in [6, 6.07) is 46.5. The number of phenols is 1. The minimum absolute atomic E-state index is 0. The van der Waals surface area contributed by atoms with Crippen molar-refractivity contribution >= 4 is 5.69 Å². The quantitative estimate of drug-likeness (QED) is 0.105. The fraction of sp³-hybridized carbons (Fsp3) is 0.240. The van der Waals surface area contributed by atoms with Crippen molar-refractivity contribution in [2.45, 2.75) is 66.2 Å². The number of phenolic OH excluding ortho intramolecular Hbond substituents is 1. The molecular formula is C50H56NO2Zr. The van der Waals surface area contributed by atoms with Crippen LogP contribution in [-0.4, -0.2) is 18.3 Å². The molecule has 0 heterocycles. The largest absolute Gasteiger partial charge is 3.00 e. The second kappa shape index (κ2) is 22.5. The van der Waals surface area contributed by atoms with Gasteiger partial charge >= 0.3 is 26.2 Å². The van der Waals surface area contributed by atoms with Gasteiger partial charge < -0.3 is 15.2 Å². The molecule has 0 bridgehead atoms. The zero-order valence-corrected chi connectivity index (χ0v) is 35.4. The third kappa shape index (κ3) is 13.0. The van der Waals surface area contributed by atoms with Crippen LogP contribution < -0.4 is 4.74 Å². The predicted octanol–water partition coefficient (Wildman–Crippen LogP) is 14.1. The Kier molecular flexibility index (Phi) is 18.3. The van der Waals surface area contributed by atoms with E-state index < -0.39 is 0 Å². The Morgan fingerprint density at radius 3 is 1.63 bits per heavy atom. The smallest absolute Gasteiger partial charge is 0.684 e. The molecule has 0 saturated heterocycles. The first kappa shape index (κ1) is 43.7. The molecule has 0 aliphatic carbocycles. The van der Waals surface area contributed by atoms with Gasteiger partial charge in [-0.25, -0.2) is 0 Å². The number of nitrogens with zero attached hydrogens (tertiary/aromatic N) is 1. The van der Waals surface area contributed by atoms with Crippen molar-refractivity contribution in [1.82, 2.24) is 0 Å². The van der Waals surface area contributed by atoms with Crippen LogP contribution in [0.4, 0.5) is 5.69 Å². The van der Waals surface area contributed by atoms with Gasteiger partial charge in [0.1, 0.15) is 11.5 Å². The summed E-state index contributed by atoms with van der Waals surface area (Å²) in [7, 11) is 0. The molecule has 1 N–H and O–H groups in total. The number of benzene rings is 6. The SMILES string of the molecule is CCc1ccc(OCCC[N-]c2c(C(C)C)cc(C)cc2C(C)C)c(-c2cccc(-c3ccccc3)c2O)c1.[CH2-]c1ccccc1.[CH2-]c1ccccc1.[Zr+3]. The molecule has 0 atom stereocenters. The molecule has 6 rings (SSSR count). The van der Waals surface area contributed by atoms with Crippen LogP contribution in [0.5, 0.6) is 11.5 Å². The Labute approximate surface area is 345 Å². The summed E-state index contributed by atoms with van der Waals surface area (Å²) in [6.07, 6.45) is 1.73. The van der Waals surface area contributed by atoms with Crippen molar-refractivity contribution in [3.05, 3.63) is 192 Å². The number of aryl methyl sites for hydroxylation is 2.